The number of hydrogen-bond donors (Lipinski definition) is 1. The summed E-state index contributed by atoms with van der Waals surface area (Å²) in [7, 11) is 1.64. The molecule has 2 aromatic rings. The van der Waals surface area contributed by atoms with Crippen molar-refractivity contribution >= 4 is 28.6 Å². The van der Waals surface area contributed by atoms with Gasteiger partial charge in [0.1, 0.15) is 5.75 Å². The van der Waals surface area contributed by atoms with Gasteiger partial charge in [0.15, 0.2) is 0 Å². The van der Waals surface area contributed by atoms with E-state index in [1.54, 1.807) is 18.4 Å². The van der Waals surface area contributed by atoms with Gasteiger partial charge in [0, 0.05) is 10.9 Å². The van der Waals surface area contributed by atoms with Crippen molar-refractivity contribution in [3.8, 4) is 5.75 Å². The predicted octanol–water partition coefficient (Wildman–Crippen LogP) is 4.03. The molecular weight excluding hydrogens is 268 g/mol. The third-order valence-electron chi connectivity index (χ3n) is 2.61. The standard InChI is InChI=1S/C13H15ClN2OS/c1-8-13(18-9(2)16-8)7-15-12-6-10(17-3)4-5-11(12)14/h4-6,15H,7H2,1-3H3. The summed E-state index contributed by atoms with van der Waals surface area (Å²) in [4.78, 5) is 5.63. The van der Waals surface area contributed by atoms with E-state index in [4.69, 9.17) is 16.3 Å². The van der Waals surface area contributed by atoms with Crippen molar-refractivity contribution in [2.24, 2.45) is 0 Å². The number of benzene rings is 1. The second-order valence-electron chi connectivity index (χ2n) is 3.94. The van der Waals surface area contributed by atoms with E-state index in [-0.39, 0.29) is 0 Å². The highest BCUT2D eigenvalue weighted by Gasteiger charge is 2.06. The molecule has 0 unspecified atom stereocenters. The fraction of sp³-hybridized carbons (Fsp3) is 0.308. The van der Waals surface area contributed by atoms with E-state index in [1.165, 1.54) is 4.88 Å². The van der Waals surface area contributed by atoms with Gasteiger partial charge in [-0.15, -0.1) is 11.3 Å². The zero-order valence-corrected chi connectivity index (χ0v) is 12.2. The van der Waals surface area contributed by atoms with Gasteiger partial charge in [0.05, 0.1) is 35.1 Å². The van der Waals surface area contributed by atoms with Crippen LogP contribution in [0.3, 0.4) is 0 Å². The molecule has 1 heterocycles. The molecule has 0 saturated heterocycles. The van der Waals surface area contributed by atoms with Crippen LogP contribution in [-0.2, 0) is 6.54 Å². The van der Waals surface area contributed by atoms with Crippen LogP contribution in [0.4, 0.5) is 5.69 Å². The Morgan fingerprint density at radius 2 is 2.17 bits per heavy atom. The van der Waals surface area contributed by atoms with Crippen molar-refractivity contribution in [1.82, 2.24) is 4.98 Å². The fourth-order valence-corrected chi connectivity index (χ4v) is 2.74. The number of aryl methyl sites for hydroxylation is 2. The van der Waals surface area contributed by atoms with Gasteiger partial charge in [-0.25, -0.2) is 4.98 Å². The van der Waals surface area contributed by atoms with Gasteiger partial charge in [0.2, 0.25) is 0 Å². The Hall–Kier alpha value is -1.26. The highest BCUT2D eigenvalue weighted by molar-refractivity contribution is 7.11. The van der Waals surface area contributed by atoms with Gasteiger partial charge in [-0.05, 0) is 26.0 Å². The molecule has 0 saturated carbocycles. The number of hydrogen-bond acceptors (Lipinski definition) is 4. The summed E-state index contributed by atoms with van der Waals surface area (Å²) < 4.78 is 5.18. The lowest BCUT2D eigenvalue weighted by Crippen LogP contribution is -2.00. The molecule has 0 aliphatic carbocycles. The molecule has 0 bridgehead atoms. The second kappa shape index (κ2) is 5.59. The van der Waals surface area contributed by atoms with Crippen LogP contribution in [0.2, 0.25) is 5.02 Å². The molecule has 0 fully saturated rings. The van der Waals surface area contributed by atoms with Crippen LogP contribution in [-0.4, -0.2) is 12.1 Å². The molecule has 5 heteroatoms. The van der Waals surface area contributed by atoms with E-state index < -0.39 is 0 Å². The average molecular weight is 283 g/mol. The van der Waals surface area contributed by atoms with Gasteiger partial charge in [-0.1, -0.05) is 11.6 Å². The summed E-state index contributed by atoms with van der Waals surface area (Å²) in [6, 6.07) is 5.56. The summed E-state index contributed by atoms with van der Waals surface area (Å²) in [5, 5.41) is 5.09. The second-order valence-corrected chi connectivity index (χ2v) is 5.64. The van der Waals surface area contributed by atoms with E-state index in [2.05, 4.69) is 10.3 Å². The molecule has 96 valence electrons. The number of methoxy groups -OCH3 is 1. The number of nitrogens with one attached hydrogen (secondary N) is 1. The first-order valence-electron chi connectivity index (χ1n) is 5.60. The molecular formula is C13H15ClN2OS. The maximum Gasteiger partial charge on any atom is 0.121 e. The lowest BCUT2D eigenvalue weighted by molar-refractivity contribution is 0.415. The summed E-state index contributed by atoms with van der Waals surface area (Å²) in [6.45, 7) is 4.76. The molecule has 0 spiro atoms. The largest absolute Gasteiger partial charge is 0.497 e. The quantitative estimate of drug-likeness (QED) is 0.919. The molecule has 2 rings (SSSR count). The Bertz CT molecular complexity index is 554. The van der Waals surface area contributed by atoms with Crippen LogP contribution in [0.25, 0.3) is 0 Å². The number of aromatic nitrogens is 1. The highest BCUT2D eigenvalue weighted by Crippen LogP contribution is 2.28. The van der Waals surface area contributed by atoms with Gasteiger partial charge in [0.25, 0.3) is 0 Å². The van der Waals surface area contributed by atoms with E-state index in [0.29, 0.717) is 5.02 Å². The van der Waals surface area contributed by atoms with Crippen molar-refractivity contribution in [2.45, 2.75) is 20.4 Å². The Kier molecular flexibility index (Phi) is 4.09. The Balaban J connectivity index is 2.12. The lowest BCUT2D eigenvalue weighted by atomic mass is 10.3. The van der Waals surface area contributed by atoms with Crippen molar-refractivity contribution in [3.63, 3.8) is 0 Å². The molecule has 0 amide bonds. The molecule has 0 atom stereocenters. The third kappa shape index (κ3) is 2.94. The highest BCUT2D eigenvalue weighted by atomic mass is 35.5. The monoisotopic (exact) mass is 282 g/mol. The zero-order chi connectivity index (χ0) is 13.1. The van der Waals surface area contributed by atoms with E-state index >= 15 is 0 Å². The number of thiazole rings is 1. The number of anilines is 1. The minimum absolute atomic E-state index is 0.690. The molecule has 0 aliphatic heterocycles. The Morgan fingerprint density at radius 1 is 1.39 bits per heavy atom. The van der Waals surface area contributed by atoms with Crippen molar-refractivity contribution in [3.05, 3.63) is 38.8 Å². The maximum absolute atomic E-state index is 6.13. The molecule has 0 aliphatic rings. The molecule has 3 nitrogen and oxygen atoms in total. The first-order valence-corrected chi connectivity index (χ1v) is 6.80. The fourth-order valence-electron chi connectivity index (χ4n) is 1.68. The third-order valence-corrected chi connectivity index (χ3v) is 4.01. The van der Waals surface area contributed by atoms with Gasteiger partial charge < -0.3 is 10.1 Å². The van der Waals surface area contributed by atoms with Crippen molar-refractivity contribution < 1.29 is 4.74 Å². The molecule has 1 N–H and O–H groups in total. The predicted molar refractivity (Wildman–Crippen MR) is 76.9 cm³/mol. The summed E-state index contributed by atoms with van der Waals surface area (Å²) in [6.07, 6.45) is 0. The first-order chi connectivity index (χ1) is 8.60. The minimum Gasteiger partial charge on any atom is -0.497 e. The summed E-state index contributed by atoms with van der Waals surface area (Å²) >= 11 is 7.84. The topological polar surface area (TPSA) is 34.1 Å². The molecule has 1 aromatic carbocycles. The van der Waals surface area contributed by atoms with E-state index in [1.807, 2.05) is 32.0 Å². The van der Waals surface area contributed by atoms with Gasteiger partial charge in [-0.3, -0.25) is 0 Å². The van der Waals surface area contributed by atoms with E-state index in [9.17, 15) is 0 Å². The Labute approximate surface area is 116 Å². The Morgan fingerprint density at radius 3 is 2.78 bits per heavy atom. The number of rotatable bonds is 4. The van der Waals surface area contributed by atoms with Gasteiger partial charge >= 0.3 is 0 Å². The molecule has 1 aromatic heterocycles. The number of ether oxygens (including phenoxy) is 1. The van der Waals surface area contributed by atoms with Crippen molar-refractivity contribution in [2.75, 3.05) is 12.4 Å². The summed E-state index contributed by atoms with van der Waals surface area (Å²) in [5.74, 6) is 0.791. The van der Waals surface area contributed by atoms with Crippen LogP contribution in [0.5, 0.6) is 5.75 Å². The smallest absolute Gasteiger partial charge is 0.121 e. The van der Waals surface area contributed by atoms with E-state index in [0.717, 1.165) is 28.7 Å². The molecule has 18 heavy (non-hydrogen) atoms. The van der Waals surface area contributed by atoms with Crippen LogP contribution >= 0.6 is 22.9 Å². The van der Waals surface area contributed by atoms with Crippen LogP contribution < -0.4 is 10.1 Å². The van der Waals surface area contributed by atoms with Crippen molar-refractivity contribution in [1.29, 1.82) is 0 Å². The lowest BCUT2D eigenvalue weighted by Gasteiger charge is -2.09. The zero-order valence-electron chi connectivity index (χ0n) is 10.6. The molecule has 0 radical (unpaired) electrons. The SMILES string of the molecule is COc1ccc(Cl)c(NCc2sc(C)nc2C)c1. The van der Waals surface area contributed by atoms with Gasteiger partial charge in [-0.2, -0.15) is 0 Å². The minimum atomic E-state index is 0.690. The number of nitrogens with zero attached hydrogens (tertiary/aromatic N) is 1. The summed E-state index contributed by atoms with van der Waals surface area (Å²) in [5.41, 5.74) is 1.95. The van der Waals surface area contributed by atoms with Crippen LogP contribution in [0, 0.1) is 13.8 Å². The first kappa shape index (κ1) is 13.2. The van der Waals surface area contributed by atoms with Crippen LogP contribution in [0.15, 0.2) is 18.2 Å². The van der Waals surface area contributed by atoms with Crippen LogP contribution in [0.1, 0.15) is 15.6 Å². The number of halogens is 1. The maximum atomic E-state index is 6.13. The average Bonchev–Trinajstić information content (AvgIpc) is 2.67. The normalized spacial score (nSPS) is 10.4.